The number of aromatic nitrogens is 1. The maximum atomic E-state index is 2.43. The molecule has 0 N–H and O–H groups in total. The first-order chi connectivity index (χ1) is 32.7. The molecule has 0 aliphatic carbocycles. The summed E-state index contributed by atoms with van der Waals surface area (Å²) < 4.78 is 2.43. The molecule has 1 aromatic heterocycles. The van der Waals surface area contributed by atoms with Crippen LogP contribution >= 0.6 is 0 Å². The summed E-state index contributed by atoms with van der Waals surface area (Å²) in [6, 6.07) is 97.0. The van der Waals surface area contributed by atoms with Gasteiger partial charge in [-0.3, -0.25) is 0 Å². The number of fused-ring (bicyclic) bond motifs is 4. The van der Waals surface area contributed by atoms with Gasteiger partial charge in [0.05, 0.1) is 22.4 Å². The van der Waals surface area contributed by atoms with Gasteiger partial charge >= 0.3 is 0 Å². The van der Waals surface area contributed by atoms with Crippen molar-refractivity contribution in [2.24, 2.45) is 0 Å². The zero-order valence-corrected chi connectivity index (χ0v) is 36.3. The van der Waals surface area contributed by atoms with E-state index >= 15 is 0 Å². The van der Waals surface area contributed by atoms with Crippen LogP contribution in [-0.2, 0) is 0 Å². The number of para-hydroxylation sites is 3. The fraction of sp³-hybridized carbons (Fsp3) is 0. The summed E-state index contributed by atoms with van der Waals surface area (Å²) in [6.07, 6.45) is 0. The maximum Gasteiger partial charge on any atom is 0.0541 e. The normalized spacial score (nSPS) is 11.3. The highest BCUT2D eigenvalue weighted by molar-refractivity contribution is 6.10. The molecule has 0 amide bonds. The third-order valence-electron chi connectivity index (χ3n) is 13.0. The highest BCUT2D eigenvalue weighted by Gasteiger charge is 2.21. The Balaban J connectivity index is 1.03. The number of anilines is 3. The second-order valence-electron chi connectivity index (χ2n) is 16.9. The van der Waals surface area contributed by atoms with Gasteiger partial charge in [-0.25, -0.2) is 0 Å². The van der Waals surface area contributed by atoms with Crippen molar-refractivity contribution < 1.29 is 0 Å². The van der Waals surface area contributed by atoms with Crippen LogP contribution in [-0.4, -0.2) is 4.57 Å². The molecular formula is C64H44N2. The quantitative estimate of drug-likeness (QED) is 0.141. The van der Waals surface area contributed by atoms with Gasteiger partial charge in [0, 0.05) is 33.3 Å². The first kappa shape index (κ1) is 38.9. The topological polar surface area (TPSA) is 8.17 Å². The summed E-state index contributed by atoms with van der Waals surface area (Å²) >= 11 is 0. The fourth-order valence-corrected chi connectivity index (χ4v) is 9.86. The van der Waals surface area contributed by atoms with Crippen LogP contribution in [0.2, 0.25) is 0 Å². The average molecular weight is 841 g/mol. The lowest BCUT2D eigenvalue weighted by molar-refractivity contribution is 1.18. The van der Waals surface area contributed by atoms with E-state index in [-0.39, 0.29) is 0 Å². The van der Waals surface area contributed by atoms with Gasteiger partial charge in [0.2, 0.25) is 0 Å². The molecule has 12 rings (SSSR count). The molecule has 2 nitrogen and oxygen atoms in total. The summed E-state index contributed by atoms with van der Waals surface area (Å²) in [5.74, 6) is 0. The van der Waals surface area contributed by atoms with Crippen molar-refractivity contribution in [1.82, 2.24) is 4.57 Å². The van der Waals surface area contributed by atoms with Crippen LogP contribution in [0.25, 0.3) is 93.9 Å². The van der Waals surface area contributed by atoms with E-state index < -0.39 is 0 Å². The fourth-order valence-electron chi connectivity index (χ4n) is 9.86. The smallest absolute Gasteiger partial charge is 0.0541 e. The van der Waals surface area contributed by atoms with E-state index in [0.29, 0.717) is 0 Å². The van der Waals surface area contributed by atoms with Gasteiger partial charge in [0.15, 0.2) is 0 Å². The van der Waals surface area contributed by atoms with Crippen LogP contribution in [0.4, 0.5) is 17.1 Å². The molecule has 2 heteroatoms. The first-order valence-corrected chi connectivity index (χ1v) is 22.7. The average Bonchev–Trinajstić information content (AvgIpc) is 3.74. The van der Waals surface area contributed by atoms with Crippen molar-refractivity contribution in [3.05, 3.63) is 267 Å². The summed E-state index contributed by atoms with van der Waals surface area (Å²) in [4.78, 5) is 2.43. The lowest BCUT2D eigenvalue weighted by Crippen LogP contribution is -2.11. The molecule has 12 aromatic rings. The van der Waals surface area contributed by atoms with E-state index in [1.165, 1.54) is 66.0 Å². The highest BCUT2D eigenvalue weighted by Crippen LogP contribution is 2.46. The van der Waals surface area contributed by atoms with Crippen molar-refractivity contribution >= 4 is 49.6 Å². The Morgan fingerprint density at radius 2 is 0.773 bits per heavy atom. The van der Waals surface area contributed by atoms with Crippen LogP contribution in [0.3, 0.4) is 0 Å². The summed E-state index contributed by atoms with van der Waals surface area (Å²) in [5.41, 5.74) is 18.5. The Hall–Kier alpha value is -8.72. The number of rotatable bonds is 9. The Kier molecular flexibility index (Phi) is 9.89. The first-order valence-electron chi connectivity index (χ1n) is 22.7. The highest BCUT2D eigenvalue weighted by atomic mass is 15.1. The van der Waals surface area contributed by atoms with Gasteiger partial charge in [-0.05, 0) is 116 Å². The Morgan fingerprint density at radius 1 is 0.258 bits per heavy atom. The van der Waals surface area contributed by atoms with Crippen LogP contribution < -0.4 is 4.90 Å². The molecule has 0 radical (unpaired) electrons. The van der Waals surface area contributed by atoms with Crippen molar-refractivity contribution in [2.45, 2.75) is 0 Å². The largest absolute Gasteiger partial charge is 0.310 e. The zero-order valence-electron chi connectivity index (χ0n) is 36.3. The lowest BCUT2D eigenvalue weighted by atomic mass is 9.93. The molecule has 1 heterocycles. The van der Waals surface area contributed by atoms with Gasteiger partial charge in [-0.15, -0.1) is 0 Å². The van der Waals surface area contributed by atoms with E-state index in [2.05, 4.69) is 276 Å². The monoisotopic (exact) mass is 840 g/mol. The molecule has 0 bridgehead atoms. The van der Waals surface area contributed by atoms with E-state index in [1.807, 2.05) is 0 Å². The van der Waals surface area contributed by atoms with Gasteiger partial charge in [0.25, 0.3) is 0 Å². The standard InChI is InChI=1S/C64H44N2/c1-3-18-45(19-4-1)50-24-17-25-54(43-50)65(53-39-36-48(37-40-53)55-26-9-10-27-56(55)51-35-34-46-20-7-8-23-49(46)42-51)64-41-38-52(44-60(64)47-21-5-2-6-22-47)57-28-11-14-31-61(57)66-62-32-15-12-29-58(62)59-30-13-16-33-63(59)66/h1-44H. The number of hydrogen-bond acceptors (Lipinski definition) is 1. The number of nitrogens with zero attached hydrogens (tertiary/aromatic N) is 2. The second-order valence-corrected chi connectivity index (χ2v) is 16.9. The van der Waals surface area contributed by atoms with E-state index in [1.54, 1.807) is 0 Å². The minimum Gasteiger partial charge on any atom is -0.310 e. The van der Waals surface area contributed by atoms with Gasteiger partial charge in [-0.1, -0.05) is 206 Å². The van der Waals surface area contributed by atoms with Crippen molar-refractivity contribution in [3.63, 3.8) is 0 Å². The van der Waals surface area contributed by atoms with Crippen LogP contribution in [0.1, 0.15) is 0 Å². The van der Waals surface area contributed by atoms with Crippen LogP contribution in [0.5, 0.6) is 0 Å². The minimum atomic E-state index is 1.07. The van der Waals surface area contributed by atoms with Crippen molar-refractivity contribution in [3.8, 4) is 61.3 Å². The minimum absolute atomic E-state index is 1.07. The van der Waals surface area contributed by atoms with Gasteiger partial charge < -0.3 is 9.47 Å². The number of benzene rings is 11. The molecule has 0 fully saturated rings. The second kappa shape index (κ2) is 16.8. The summed E-state index contributed by atoms with van der Waals surface area (Å²) in [6.45, 7) is 0. The molecule has 0 spiro atoms. The molecule has 66 heavy (non-hydrogen) atoms. The lowest BCUT2D eigenvalue weighted by Gasteiger charge is -2.29. The zero-order chi connectivity index (χ0) is 43.8. The molecule has 0 aliphatic heterocycles. The molecule has 0 saturated carbocycles. The molecule has 0 unspecified atom stereocenters. The molecule has 0 saturated heterocycles. The third kappa shape index (κ3) is 7.02. The van der Waals surface area contributed by atoms with Crippen LogP contribution in [0, 0.1) is 0 Å². The van der Waals surface area contributed by atoms with Gasteiger partial charge in [-0.2, -0.15) is 0 Å². The van der Waals surface area contributed by atoms with E-state index in [0.717, 1.165) is 45.0 Å². The van der Waals surface area contributed by atoms with Crippen LogP contribution in [0.15, 0.2) is 267 Å². The molecule has 11 aromatic carbocycles. The Labute approximate surface area is 385 Å². The van der Waals surface area contributed by atoms with Gasteiger partial charge in [0.1, 0.15) is 0 Å². The third-order valence-corrected chi connectivity index (χ3v) is 13.0. The SMILES string of the molecule is c1ccc(-c2cccc(N(c3ccc(-c4ccccc4-c4ccc5ccccc5c4)cc3)c3ccc(-c4ccccc4-n4c5ccccc5c5ccccc54)cc3-c3ccccc3)c2)cc1. The Bertz CT molecular complexity index is 3640. The summed E-state index contributed by atoms with van der Waals surface area (Å²) in [7, 11) is 0. The predicted molar refractivity (Wildman–Crippen MR) is 280 cm³/mol. The van der Waals surface area contributed by atoms with Crippen molar-refractivity contribution in [2.75, 3.05) is 4.90 Å². The molecular weight excluding hydrogens is 797 g/mol. The predicted octanol–water partition coefficient (Wildman–Crippen LogP) is 17.7. The molecule has 310 valence electrons. The van der Waals surface area contributed by atoms with Crippen molar-refractivity contribution in [1.29, 1.82) is 0 Å². The van der Waals surface area contributed by atoms with E-state index in [9.17, 15) is 0 Å². The van der Waals surface area contributed by atoms with E-state index in [4.69, 9.17) is 0 Å². The molecule has 0 aliphatic rings. The maximum absolute atomic E-state index is 2.43. The summed E-state index contributed by atoms with van der Waals surface area (Å²) in [5, 5.41) is 4.98. The number of hydrogen-bond donors (Lipinski definition) is 0. The molecule has 0 atom stereocenters. The Morgan fingerprint density at radius 3 is 1.50 bits per heavy atom.